The Morgan fingerprint density at radius 3 is 2.60 bits per heavy atom. The molecule has 0 aliphatic heterocycles. The first kappa shape index (κ1) is 15.9. The van der Waals surface area contributed by atoms with Gasteiger partial charge in [-0.25, -0.2) is 4.79 Å². The highest BCUT2D eigenvalue weighted by Crippen LogP contribution is 2.11. The number of aliphatic hydroxyl groups excluding tert-OH is 1. The van der Waals surface area contributed by atoms with Gasteiger partial charge in [-0.2, -0.15) is 0 Å². The summed E-state index contributed by atoms with van der Waals surface area (Å²) >= 11 is 0. The topological polar surface area (TPSA) is 86.6 Å². The van der Waals surface area contributed by atoms with Crippen LogP contribution in [0.4, 0.5) is 0 Å². The molecule has 0 aromatic heterocycles. The summed E-state index contributed by atoms with van der Waals surface area (Å²) in [6.45, 7) is 3.63. The van der Waals surface area contributed by atoms with Crippen molar-refractivity contribution in [3.63, 3.8) is 0 Å². The number of rotatable bonds is 6. The predicted octanol–water partition coefficient (Wildman–Crippen LogP) is 1.27. The summed E-state index contributed by atoms with van der Waals surface area (Å²) in [7, 11) is 0. The van der Waals surface area contributed by atoms with E-state index in [1.165, 1.54) is 6.08 Å². The maximum absolute atomic E-state index is 11.6. The first-order valence-electron chi connectivity index (χ1n) is 6.33. The minimum atomic E-state index is -1.16. The molecule has 20 heavy (non-hydrogen) atoms. The largest absolute Gasteiger partial charge is 0.480 e. The third-order valence-corrected chi connectivity index (χ3v) is 2.87. The van der Waals surface area contributed by atoms with Gasteiger partial charge in [0.25, 0.3) is 0 Å². The van der Waals surface area contributed by atoms with Crippen LogP contribution in [0.1, 0.15) is 23.1 Å². The van der Waals surface area contributed by atoms with E-state index in [2.05, 4.69) is 5.32 Å². The highest BCUT2D eigenvalue weighted by molar-refractivity contribution is 5.94. The van der Waals surface area contributed by atoms with Crippen molar-refractivity contribution in [3.8, 4) is 0 Å². The van der Waals surface area contributed by atoms with E-state index in [4.69, 9.17) is 10.2 Å². The average molecular weight is 277 g/mol. The lowest BCUT2D eigenvalue weighted by molar-refractivity contribution is -0.141. The van der Waals surface area contributed by atoms with E-state index in [1.807, 2.05) is 32.0 Å². The molecule has 1 rings (SSSR count). The molecule has 5 nitrogen and oxygen atoms in total. The molecule has 0 saturated heterocycles. The Balaban J connectivity index is 2.69. The number of aliphatic carboxylic acids is 1. The van der Waals surface area contributed by atoms with E-state index in [0.29, 0.717) is 0 Å². The zero-order valence-electron chi connectivity index (χ0n) is 11.6. The minimum Gasteiger partial charge on any atom is -0.480 e. The zero-order chi connectivity index (χ0) is 15.1. The number of amides is 1. The number of aryl methyl sites for hydroxylation is 2. The number of carboxylic acids is 1. The van der Waals surface area contributed by atoms with Crippen LogP contribution in [-0.2, 0) is 9.59 Å². The van der Waals surface area contributed by atoms with E-state index in [9.17, 15) is 9.59 Å². The molecule has 0 spiro atoms. The van der Waals surface area contributed by atoms with Gasteiger partial charge in [-0.05, 0) is 31.1 Å². The van der Waals surface area contributed by atoms with Crippen molar-refractivity contribution in [2.24, 2.45) is 0 Å². The Morgan fingerprint density at radius 1 is 1.35 bits per heavy atom. The van der Waals surface area contributed by atoms with E-state index >= 15 is 0 Å². The third-order valence-electron chi connectivity index (χ3n) is 2.87. The van der Waals surface area contributed by atoms with Gasteiger partial charge in [0.2, 0.25) is 5.91 Å². The fourth-order valence-corrected chi connectivity index (χ4v) is 1.78. The number of carbonyl (C=O) groups is 2. The molecule has 1 atom stereocenters. The first-order valence-corrected chi connectivity index (χ1v) is 6.33. The van der Waals surface area contributed by atoms with Crippen LogP contribution in [0, 0.1) is 13.8 Å². The summed E-state index contributed by atoms with van der Waals surface area (Å²) in [5.41, 5.74) is 3.08. The molecule has 3 N–H and O–H groups in total. The Kier molecular flexibility index (Phi) is 5.93. The van der Waals surface area contributed by atoms with Gasteiger partial charge in [-0.15, -0.1) is 0 Å². The predicted molar refractivity (Wildman–Crippen MR) is 76.2 cm³/mol. The number of benzene rings is 1. The molecule has 0 aliphatic carbocycles. The molecular weight excluding hydrogens is 258 g/mol. The first-order chi connectivity index (χ1) is 9.43. The number of nitrogens with one attached hydrogen (secondary N) is 1. The van der Waals surface area contributed by atoms with Crippen LogP contribution in [0.2, 0.25) is 0 Å². The second kappa shape index (κ2) is 7.45. The van der Waals surface area contributed by atoms with Crippen LogP contribution >= 0.6 is 0 Å². The molecule has 0 radical (unpaired) electrons. The van der Waals surface area contributed by atoms with Crippen molar-refractivity contribution >= 4 is 18.0 Å². The molecule has 1 aromatic rings. The van der Waals surface area contributed by atoms with Crippen molar-refractivity contribution < 1.29 is 19.8 Å². The summed E-state index contributed by atoms with van der Waals surface area (Å²) < 4.78 is 0. The van der Waals surface area contributed by atoms with Crippen molar-refractivity contribution in [1.82, 2.24) is 5.32 Å². The van der Waals surface area contributed by atoms with Crippen LogP contribution < -0.4 is 5.32 Å². The fraction of sp³-hybridized carbons (Fsp3) is 0.333. The second-order valence-electron chi connectivity index (χ2n) is 4.61. The van der Waals surface area contributed by atoms with Crippen molar-refractivity contribution in [2.75, 3.05) is 6.61 Å². The van der Waals surface area contributed by atoms with Gasteiger partial charge in [-0.3, -0.25) is 4.79 Å². The lowest BCUT2D eigenvalue weighted by Crippen LogP contribution is -2.40. The third kappa shape index (κ3) is 4.85. The van der Waals surface area contributed by atoms with E-state index in [1.54, 1.807) is 6.08 Å². The number of aliphatic hydroxyl groups is 1. The smallest absolute Gasteiger partial charge is 0.326 e. The molecule has 0 unspecified atom stereocenters. The molecular formula is C15H19NO4. The van der Waals surface area contributed by atoms with Crippen LogP contribution in [0.3, 0.4) is 0 Å². The van der Waals surface area contributed by atoms with Crippen molar-refractivity contribution in [3.05, 3.63) is 41.0 Å². The van der Waals surface area contributed by atoms with Crippen molar-refractivity contribution in [1.29, 1.82) is 0 Å². The summed E-state index contributed by atoms with van der Waals surface area (Å²) in [5.74, 6) is -1.65. The van der Waals surface area contributed by atoms with Crippen molar-refractivity contribution in [2.45, 2.75) is 26.3 Å². The Bertz CT molecular complexity index is 523. The number of hydrogen-bond acceptors (Lipinski definition) is 3. The van der Waals surface area contributed by atoms with Gasteiger partial charge in [0, 0.05) is 19.1 Å². The van der Waals surface area contributed by atoms with Crippen LogP contribution in [0.5, 0.6) is 0 Å². The molecule has 0 saturated carbocycles. The molecule has 0 bridgehead atoms. The van der Waals surface area contributed by atoms with E-state index in [0.717, 1.165) is 16.7 Å². The van der Waals surface area contributed by atoms with Gasteiger partial charge in [0.05, 0.1) is 0 Å². The number of hydrogen-bond donors (Lipinski definition) is 3. The van der Waals surface area contributed by atoms with Crippen LogP contribution in [0.15, 0.2) is 24.3 Å². The Hall–Kier alpha value is -2.14. The van der Waals surface area contributed by atoms with Crippen LogP contribution in [-0.4, -0.2) is 34.7 Å². The summed E-state index contributed by atoms with van der Waals surface area (Å²) in [5, 5.41) is 19.9. The van der Waals surface area contributed by atoms with E-state index < -0.39 is 17.9 Å². The molecule has 1 aromatic carbocycles. The number of carbonyl (C=O) groups excluding carboxylic acids is 1. The highest BCUT2D eigenvalue weighted by Gasteiger charge is 2.17. The Morgan fingerprint density at radius 2 is 2.05 bits per heavy atom. The van der Waals surface area contributed by atoms with Gasteiger partial charge < -0.3 is 15.5 Å². The highest BCUT2D eigenvalue weighted by atomic mass is 16.4. The van der Waals surface area contributed by atoms with E-state index in [-0.39, 0.29) is 13.0 Å². The lowest BCUT2D eigenvalue weighted by Gasteiger charge is -2.11. The summed E-state index contributed by atoms with van der Waals surface area (Å²) in [6, 6.07) is 4.77. The fourth-order valence-electron chi connectivity index (χ4n) is 1.78. The minimum absolute atomic E-state index is 0.0154. The standard InChI is InChI=1S/C15H19NO4/c1-10-3-4-12(11(2)9-10)5-6-14(18)16-13(7-8-17)15(19)20/h3-6,9,13,17H,7-8H2,1-2H3,(H,16,18)(H,19,20)/b6-5+/t13-/m0/s1. The SMILES string of the molecule is Cc1ccc(/C=C/C(=O)N[C@@H](CCO)C(=O)O)c(C)c1. The summed E-state index contributed by atoms with van der Waals surface area (Å²) in [6.07, 6.45) is 2.92. The molecule has 0 fully saturated rings. The van der Waals surface area contributed by atoms with Gasteiger partial charge in [0.15, 0.2) is 0 Å². The lowest BCUT2D eigenvalue weighted by atomic mass is 10.1. The van der Waals surface area contributed by atoms with Crippen LogP contribution in [0.25, 0.3) is 6.08 Å². The quantitative estimate of drug-likeness (QED) is 0.683. The van der Waals surface area contributed by atoms with Gasteiger partial charge in [0.1, 0.15) is 6.04 Å². The normalized spacial score (nSPS) is 12.3. The average Bonchev–Trinajstić information content (AvgIpc) is 2.37. The molecule has 5 heteroatoms. The van der Waals surface area contributed by atoms with Gasteiger partial charge >= 0.3 is 5.97 Å². The summed E-state index contributed by atoms with van der Waals surface area (Å²) in [4.78, 5) is 22.5. The molecule has 1 amide bonds. The molecule has 108 valence electrons. The second-order valence-corrected chi connectivity index (χ2v) is 4.61. The number of carboxylic acid groups (broad SMARTS) is 1. The molecule has 0 heterocycles. The zero-order valence-corrected chi connectivity index (χ0v) is 11.6. The van der Waals surface area contributed by atoms with Gasteiger partial charge in [-0.1, -0.05) is 23.8 Å². The molecule has 0 aliphatic rings. The Labute approximate surface area is 117 Å². The maximum atomic E-state index is 11.6. The monoisotopic (exact) mass is 277 g/mol. The maximum Gasteiger partial charge on any atom is 0.326 e.